The van der Waals surface area contributed by atoms with Gasteiger partial charge >= 0.3 is 12.3 Å². The summed E-state index contributed by atoms with van der Waals surface area (Å²) in [6, 6.07) is 8.49. The number of alkyl halides is 3. The van der Waals surface area contributed by atoms with E-state index in [1.54, 1.807) is 0 Å². The van der Waals surface area contributed by atoms with Crippen LogP contribution in [0.2, 0.25) is 0 Å². The van der Waals surface area contributed by atoms with Crippen molar-refractivity contribution < 1.29 is 36.6 Å². The van der Waals surface area contributed by atoms with Crippen molar-refractivity contribution in [3.8, 4) is 5.75 Å². The molecule has 1 amide bonds. The molecule has 7 nitrogen and oxygen atoms in total. The number of carbonyl (C=O) groups excluding carboxylic acids is 2. The third-order valence-corrected chi connectivity index (χ3v) is 4.20. The van der Waals surface area contributed by atoms with E-state index < -0.39 is 35.8 Å². The number of rotatable bonds is 6. The number of hydrogen-bond donors (Lipinski definition) is 1. The molecule has 1 N–H and O–H groups in total. The number of aromatic nitrogens is 2. The summed E-state index contributed by atoms with van der Waals surface area (Å²) in [6.45, 7) is 0. The van der Waals surface area contributed by atoms with Gasteiger partial charge in [0.1, 0.15) is 23.0 Å². The fourth-order valence-electron chi connectivity index (χ4n) is 2.75. The fraction of sp³-hybridized carbons (Fsp3) is 0.143. The Bertz CT molecular complexity index is 1100. The van der Waals surface area contributed by atoms with Gasteiger partial charge in [-0.05, 0) is 42.0 Å². The van der Waals surface area contributed by atoms with E-state index in [1.165, 1.54) is 43.6 Å². The van der Waals surface area contributed by atoms with E-state index in [0.29, 0.717) is 0 Å². The number of nitrogens with one attached hydrogen (secondary N) is 1. The average Bonchev–Trinajstić information content (AvgIpc) is 2.77. The van der Waals surface area contributed by atoms with Crippen LogP contribution in [0.3, 0.4) is 0 Å². The number of halogens is 4. The minimum atomic E-state index is -4.87. The van der Waals surface area contributed by atoms with Crippen molar-refractivity contribution in [2.45, 2.75) is 12.4 Å². The lowest BCUT2D eigenvalue weighted by Crippen LogP contribution is -2.31. The first kappa shape index (κ1) is 22.7. The summed E-state index contributed by atoms with van der Waals surface area (Å²) in [4.78, 5) is 32.0. The molecule has 0 aliphatic carbocycles. The number of ether oxygens (including phenoxy) is 2. The molecule has 0 radical (unpaired) electrons. The monoisotopic (exact) mass is 449 g/mol. The molecule has 32 heavy (non-hydrogen) atoms. The van der Waals surface area contributed by atoms with E-state index in [2.05, 4.69) is 24.8 Å². The molecule has 0 saturated heterocycles. The van der Waals surface area contributed by atoms with Gasteiger partial charge in [-0.2, -0.15) is 0 Å². The largest absolute Gasteiger partial charge is 0.573 e. The average molecular weight is 449 g/mol. The predicted octanol–water partition coefficient (Wildman–Crippen LogP) is 3.82. The Hall–Kier alpha value is -4.02. The van der Waals surface area contributed by atoms with Gasteiger partial charge in [-0.3, -0.25) is 14.8 Å². The molecule has 11 heteroatoms. The number of carbonyl (C=O) groups is 2. The lowest BCUT2D eigenvalue weighted by molar-refractivity contribution is -0.274. The van der Waals surface area contributed by atoms with Gasteiger partial charge in [-0.25, -0.2) is 9.18 Å². The Morgan fingerprint density at radius 2 is 1.75 bits per heavy atom. The summed E-state index contributed by atoms with van der Waals surface area (Å²) >= 11 is 0. The van der Waals surface area contributed by atoms with E-state index in [1.807, 2.05) is 0 Å². The normalized spacial score (nSPS) is 12.0. The van der Waals surface area contributed by atoms with Crippen LogP contribution in [0.4, 0.5) is 17.6 Å². The summed E-state index contributed by atoms with van der Waals surface area (Å²) in [5.41, 5.74) is 0.126. The first-order valence-electron chi connectivity index (χ1n) is 8.99. The predicted molar refractivity (Wildman–Crippen MR) is 102 cm³/mol. The minimum absolute atomic E-state index is 0.0870. The van der Waals surface area contributed by atoms with Crippen LogP contribution in [-0.2, 0) is 4.74 Å². The molecule has 2 heterocycles. The van der Waals surface area contributed by atoms with Crippen LogP contribution >= 0.6 is 0 Å². The number of benzene rings is 1. The highest BCUT2D eigenvalue weighted by Crippen LogP contribution is 2.27. The van der Waals surface area contributed by atoms with Crippen molar-refractivity contribution in [1.82, 2.24) is 15.3 Å². The van der Waals surface area contributed by atoms with Gasteiger partial charge in [0.2, 0.25) is 0 Å². The Morgan fingerprint density at radius 1 is 1.03 bits per heavy atom. The van der Waals surface area contributed by atoms with Crippen LogP contribution in [0.25, 0.3) is 0 Å². The first-order valence-corrected chi connectivity index (χ1v) is 8.99. The van der Waals surface area contributed by atoms with Gasteiger partial charge in [-0.15, -0.1) is 13.2 Å². The standard InChI is InChI=1S/C21H15F4N3O4/c1-31-20(30)13-6-9-16(27-11-13)19(29)28-17(18-15(22)3-2-10-26-18)12-4-7-14(8-5-12)32-21(23,24)25/h2-11,17H,1H3,(H,28,29)/t17-/m0/s1. The third-order valence-electron chi connectivity index (χ3n) is 4.20. The summed E-state index contributed by atoms with van der Waals surface area (Å²) < 4.78 is 60.0. The fourth-order valence-corrected chi connectivity index (χ4v) is 2.75. The van der Waals surface area contributed by atoms with Crippen molar-refractivity contribution in [2.24, 2.45) is 0 Å². The molecule has 3 rings (SSSR count). The highest BCUT2D eigenvalue weighted by Gasteiger charge is 2.31. The van der Waals surface area contributed by atoms with Crippen molar-refractivity contribution in [1.29, 1.82) is 0 Å². The second-order valence-electron chi connectivity index (χ2n) is 6.32. The maximum atomic E-state index is 14.4. The molecule has 0 aliphatic heterocycles. The number of hydrogen-bond acceptors (Lipinski definition) is 6. The molecule has 0 unspecified atom stereocenters. The molecule has 0 spiro atoms. The molecule has 0 saturated carbocycles. The lowest BCUT2D eigenvalue weighted by Gasteiger charge is -2.20. The van der Waals surface area contributed by atoms with Gasteiger partial charge in [0.05, 0.1) is 18.7 Å². The zero-order valence-corrected chi connectivity index (χ0v) is 16.4. The van der Waals surface area contributed by atoms with E-state index in [4.69, 9.17) is 0 Å². The van der Waals surface area contributed by atoms with Gasteiger partial charge in [0, 0.05) is 12.4 Å². The molecule has 0 bridgehead atoms. The third kappa shape index (κ3) is 5.56. The van der Waals surface area contributed by atoms with Crippen molar-refractivity contribution in [3.05, 3.63) is 89.3 Å². The summed E-state index contributed by atoms with van der Waals surface area (Å²) in [5, 5.41) is 2.55. The molecule has 0 fully saturated rings. The van der Waals surface area contributed by atoms with Gasteiger partial charge in [0.15, 0.2) is 0 Å². The molecular weight excluding hydrogens is 434 g/mol. The van der Waals surface area contributed by atoms with E-state index in [0.717, 1.165) is 24.4 Å². The molecule has 3 aromatic rings. The molecule has 1 atom stereocenters. The van der Waals surface area contributed by atoms with Crippen molar-refractivity contribution >= 4 is 11.9 Å². The lowest BCUT2D eigenvalue weighted by atomic mass is 10.0. The first-order chi connectivity index (χ1) is 15.2. The maximum absolute atomic E-state index is 14.4. The minimum Gasteiger partial charge on any atom is -0.465 e. The van der Waals surface area contributed by atoms with Crippen LogP contribution in [-0.4, -0.2) is 35.3 Å². The summed E-state index contributed by atoms with van der Waals surface area (Å²) in [6.07, 6.45) is -2.42. The van der Waals surface area contributed by atoms with E-state index >= 15 is 0 Å². The zero-order valence-electron chi connectivity index (χ0n) is 16.4. The van der Waals surface area contributed by atoms with Crippen LogP contribution in [0.15, 0.2) is 60.9 Å². The Morgan fingerprint density at radius 3 is 2.31 bits per heavy atom. The molecule has 1 aromatic carbocycles. The van der Waals surface area contributed by atoms with E-state index in [9.17, 15) is 27.2 Å². The Kier molecular flexibility index (Phi) is 6.67. The summed E-state index contributed by atoms with van der Waals surface area (Å²) in [5.74, 6) is -2.58. The Balaban J connectivity index is 1.89. The van der Waals surface area contributed by atoms with Crippen LogP contribution < -0.4 is 10.1 Å². The van der Waals surface area contributed by atoms with Gasteiger partial charge in [0.25, 0.3) is 5.91 Å². The topological polar surface area (TPSA) is 90.4 Å². The SMILES string of the molecule is COC(=O)c1ccc(C(=O)N[C@@H](c2ccc(OC(F)(F)F)cc2)c2ncccc2F)nc1. The number of pyridine rings is 2. The Labute approximate surface area is 179 Å². The van der Waals surface area contributed by atoms with E-state index in [-0.39, 0.29) is 22.5 Å². The second kappa shape index (κ2) is 9.41. The molecule has 166 valence electrons. The number of amides is 1. The maximum Gasteiger partial charge on any atom is 0.573 e. The second-order valence-corrected chi connectivity index (χ2v) is 6.32. The van der Waals surface area contributed by atoms with Crippen LogP contribution in [0.1, 0.15) is 38.1 Å². The smallest absolute Gasteiger partial charge is 0.465 e. The van der Waals surface area contributed by atoms with Gasteiger partial charge < -0.3 is 14.8 Å². The zero-order chi connectivity index (χ0) is 23.3. The molecule has 0 aliphatic rings. The molecule has 2 aromatic heterocycles. The number of nitrogens with zero attached hydrogens (tertiary/aromatic N) is 2. The number of methoxy groups -OCH3 is 1. The summed E-state index contributed by atoms with van der Waals surface area (Å²) in [7, 11) is 1.19. The highest BCUT2D eigenvalue weighted by atomic mass is 19.4. The van der Waals surface area contributed by atoms with Gasteiger partial charge in [-0.1, -0.05) is 12.1 Å². The highest BCUT2D eigenvalue weighted by molar-refractivity contribution is 5.94. The van der Waals surface area contributed by atoms with Crippen molar-refractivity contribution in [2.75, 3.05) is 7.11 Å². The van der Waals surface area contributed by atoms with Crippen LogP contribution in [0.5, 0.6) is 5.75 Å². The quantitative estimate of drug-likeness (QED) is 0.455. The van der Waals surface area contributed by atoms with Crippen molar-refractivity contribution in [3.63, 3.8) is 0 Å². The van der Waals surface area contributed by atoms with Crippen LogP contribution in [0, 0.1) is 5.82 Å². The molecular formula is C21H15F4N3O4. The number of esters is 1.